The van der Waals surface area contributed by atoms with Crippen LogP contribution in [0.25, 0.3) is 22.3 Å². The molecule has 0 atom stereocenters. The SMILES string of the molecule is C=CC(=O)N(C)C1CC(n2nc(-c3ccc(C(=O)Nc4cccc(C)n4)cc3)c3c(N)ncnc32)C1. The van der Waals surface area contributed by atoms with Crippen molar-refractivity contribution in [1.29, 1.82) is 0 Å². The number of rotatable bonds is 6. The van der Waals surface area contributed by atoms with Crippen molar-refractivity contribution < 1.29 is 9.59 Å². The number of amides is 2. The quantitative estimate of drug-likeness (QED) is 0.403. The molecule has 0 unspecified atom stereocenters. The van der Waals surface area contributed by atoms with E-state index < -0.39 is 0 Å². The summed E-state index contributed by atoms with van der Waals surface area (Å²) in [4.78, 5) is 39.3. The fourth-order valence-corrected chi connectivity index (χ4v) is 4.43. The summed E-state index contributed by atoms with van der Waals surface area (Å²) in [7, 11) is 1.78. The number of hydrogen-bond donors (Lipinski definition) is 2. The highest BCUT2D eigenvalue weighted by Gasteiger charge is 2.37. The Balaban J connectivity index is 1.41. The Morgan fingerprint density at radius 3 is 2.61 bits per heavy atom. The molecular formula is C26H26N8O2. The van der Waals surface area contributed by atoms with Gasteiger partial charge in [-0.2, -0.15) is 5.10 Å². The van der Waals surface area contributed by atoms with Gasteiger partial charge in [-0.1, -0.05) is 24.8 Å². The number of likely N-dealkylation sites (N-methyl/N-ethyl adjacent to an activating group) is 1. The average molecular weight is 483 g/mol. The van der Waals surface area contributed by atoms with Crippen molar-refractivity contribution in [2.24, 2.45) is 0 Å². The van der Waals surface area contributed by atoms with Crippen LogP contribution in [0.15, 0.2) is 61.4 Å². The molecule has 182 valence electrons. The normalized spacial score (nSPS) is 16.8. The number of hydrogen-bond acceptors (Lipinski definition) is 7. The molecule has 10 heteroatoms. The topological polar surface area (TPSA) is 132 Å². The van der Waals surface area contributed by atoms with E-state index in [1.807, 2.05) is 35.9 Å². The van der Waals surface area contributed by atoms with Gasteiger partial charge in [0.2, 0.25) is 5.91 Å². The predicted octanol–water partition coefficient (Wildman–Crippen LogP) is 3.38. The molecule has 4 aromatic rings. The van der Waals surface area contributed by atoms with Gasteiger partial charge in [0.25, 0.3) is 5.91 Å². The molecule has 1 aliphatic rings. The van der Waals surface area contributed by atoms with Gasteiger partial charge in [-0.15, -0.1) is 0 Å². The van der Waals surface area contributed by atoms with Crippen LogP contribution in [0.5, 0.6) is 0 Å². The Morgan fingerprint density at radius 1 is 1.17 bits per heavy atom. The Kier molecular flexibility index (Phi) is 5.93. The number of aryl methyl sites for hydroxylation is 1. The Labute approximate surface area is 207 Å². The molecule has 0 bridgehead atoms. The summed E-state index contributed by atoms with van der Waals surface area (Å²) in [5, 5.41) is 8.33. The molecule has 5 rings (SSSR count). The summed E-state index contributed by atoms with van der Waals surface area (Å²) in [6.45, 7) is 5.43. The Morgan fingerprint density at radius 2 is 1.92 bits per heavy atom. The largest absolute Gasteiger partial charge is 0.383 e. The first kappa shape index (κ1) is 23.2. The Hall–Kier alpha value is -4.60. The van der Waals surface area contributed by atoms with Crippen molar-refractivity contribution in [3.05, 3.63) is 72.7 Å². The van der Waals surface area contributed by atoms with Crippen molar-refractivity contribution in [2.75, 3.05) is 18.1 Å². The van der Waals surface area contributed by atoms with Gasteiger partial charge in [-0.3, -0.25) is 9.59 Å². The van der Waals surface area contributed by atoms with Gasteiger partial charge in [-0.25, -0.2) is 19.6 Å². The highest BCUT2D eigenvalue weighted by molar-refractivity contribution is 6.04. The zero-order chi connectivity index (χ0) is 25.4. The number of benzene rings is 1. The first-order valence-corrected chi connectivity index (χ1v) is 11.6. The minimum absolute atomic E-state index is 0.0764. The van der Waals surface area contributed by atoms with Crippen LogP contribution in [-0.4, -0.2) is 54.5 Å². The lowest BCUT2D eigenvalue weighted by atomic mass is 9.85. The molecule has 3 N–H and O–H groups in total. The summed E-state index contributed by atoms with van der Waals surface area (Å²) in [6, 6.07) is 12.8. The molecule has 1 fully saturated rings. The van der Waals surface area contributed by atoms with Crippen LogP contribution in [0.3, 0.4) is 0 Å². The number of pyridine rings is 1. The van der Waals surface area contributed by atoms with Gasteiger partial charge >= 0.3 is 0 Å². The van der Waals surface area contributed by atoms with E-state index in [4.69, 9.17) is 10.8 Å². The highest BCUT2D eigenvalue weighted by atomic mass is 16.2. The van der Waals surface area contributed by atoms with E-state index in [1.165, 1.54) is 12.4 Å². The maximum atomic E-state index is 12.7. The number of aromatic nitrogens is 5. The first-order chi connectivity index (χ1) is 17.4. The number of carbonyl (C=O) groups is 2. The average Bonchev–Trinajstić information content (AvgIpc) is 3.23. The summed E-state index contributed by atoms with van der Waals surface area (Å²) >= 11 is 0. The number of nitrogens with one attached hydrogen (secondary N) is 1. The summed E-state index contributed by atoms with van der Waals surface area (Å²) in [6.07, 6.45) is 4.25. The van der Waals surface area contributed by atoms with Crippen molar-refractivity contribution in [2.45, 2.75) is 31.8 Å². The van der Waals surface area contributed by atoms with Crippen LogP contribution < -0.4 is 11.1 Å². The molecule has 0 aliphatic heterocycles. The Bertz CT molecular complexity index is 1470. The number of carbonyl (C=O) groups excluding carboxylic acids is 2. The monoisotopic (exact) mass is 482 g/mol. The van der Waals surface area contributed by atoms with Crippen molar-refractivity contribution in [3.8, 4) is 11.3 Å². The molecule has 3 heterocycles. The number of anilines is 2. The molecule has 2 amide bonds. The summed E-state index contributed by atoms with van der Waals surface area (Å²) < 4.78 is 1.87. The van der Waals surface area contributed by atoms with Crippen molar-refractivity contribution in [3.63, 3.8) is 0 Å². The third-order valence-corrected chi connectivity index (χ3v) is 6.57. The van der Waals surface area contributed by atoms with Crippen LogP contribution in [0.1, 0.15) is 34.9 Å². The summed E-state index contributed by atoms with van der Waals surface area (Å²) in [5.41, 5.74) is 9.64. The fourth-order valence-electron chi connectivity index (χ4n) is 4.43. The molecule has 1 aromatic carbocycles. The number of nitrogens with zero attached hydrogens (tertiary/aromatic N) is 6. The maximum absolute atomic E-state index is 12.7. The molecule has 0 spiro atoms. The van der Waals surface area contributed by atoms with E-state index in [2.05, 4.69) is 26.8 Å². The van der Waals surface area contributed by atoms with Gasteiger partial charge in [0.15, 0.2) is 5.65 Å². The standard InChI is InChI=1S/C26H26N8O2/c1-4-21(35)33(3)18-12-19(13-18)34-25-22(24(27)28-14-29-25)23(32-34)16-8-10-17(11-9-16)26(36)31-20-7-5-6-15(2)30-20/h4-11,14,18-19H,1,12-13H2,2-3H3,(H2,27,28,29)(H,30,31,36). The molecule has 0 saturated heterocycles. The summed E-state index contributed by atoms with van der Waals surface area (Å²) in [5.74, 6) is 0.483. The maximum Gasteiger partial charge on any atom is 0.256 e. The van der Waals surface area contributed by atoms with Crippen LogP contribution in [-0.2, 0) is 4.79 Å². The minimum atomic E-state index is -0.253. The lowest BCUT2D eigenvalue weighted by Crippen LogP contribution is -2.45. The predicted molar refractivity (Wildman–Crippen MR) is 137 cm³/mol. The number of nitrogen functional groups attached to an aromatic ring is 1. The van der Waals surface area contributed by atoms with Crippen molar-refractivity contribution in [1.82, 2.24) is 29.6 Å². The third-order valence-electron chi connectivity index (χ3n) is 6.57. The van der Waals surface area contributed by atoms with E-state index in [9.17, 15) is 9.59 Å². The molecular weight excluding hydrogens is 456 g/mol. The second-order valence-corrected chi connectivity index (χ2v) is 8.88. The second kappa shape index (κ2) is 9.21. The van der Waals surface area contributed by atoms with Crippen LogP contribution in [0, 0.1) is 6.92 Å². The number of fused-ring (bicyclic) bond motifs is 1. The minimum Gasteiger partial charge on any atom is -0.383 e. The van der Waals surface area contributed by atoms with Gasteiger partial charge in [-0.05, 0) is 50.1 Å². The number of nitrogens with two attached hydrogens (primary N) is 1. The second-order valence-electron chi connectivity index (χ2n) is 8.88. The van der Waals surface area contributed by atoms with Crippen LogP contribution >= 0.6 is 0 Å². The van der Waals surface area contributed by atoms with Crippen molar-refractivity contribution >= 4 is 34.5 Å². The third kappa shape index (κ3) is 4.17. The molecule has 1 aliphatic carbocycles. The first-order valence-electron chi connectivity index (χ1n) is 11.6. The van der Waals surface area contributed by atoms with Gasteiger partial charge in [0.1, 0.15) is 23.7 Å². The zero-order valence-electron chi connectivity index (χ0n) is 20.0. The molecule has 1 saturated carbocycles. The highest BCUT2D eigenvalue weighted by Crippen LogP contribution is 2.39. The van der Waals surface area contributed by atoms with Gasteiger partial charge < -0.3 is 16.0 Å². The lowest BCUT2D eigenvalue weighted by Gasteiger charge is -2.40. The molecule has 10 nitrogen and oxygen atoms in total. The lowest BCUT2D eigenvalue weighted by molar-refractivity contribution is -0.129. The smallest absolute Gasteiger partial charge is 0.256 e. The fraction of sp³-hybridized carbons (Fsp3) is 0.231. The molecule has 0 radical (unpaired) electrons. The van der Waals surface area contributed by atoms with Crippen LogP contribution in [0.4, 0.5) is 11.6 Å². The van der Waals surface area contributed by atoms with Crippen LogP contribution in [0.2, 0.25) is 0 Å². The van der Waals surface area contributed by atoms with Gasteiger partial charge in [0, 0.05) is 29.9 Å². The molecule has 36 heavy (non-hydrogen) atoms. The molecule has 3 aromatic heterocycles. The van der Waals surface area contributed by atoms with E-state index in [0.717, 1.165) is 24.1 Å². The zero-order valence-corrected chi connectivity index (χ0v) is 20.0. The van der Waals surface area contributed by atoms with E-state index in [1.54, 1.807) is 30.1 Å². The van der Waals surface area contributed by atoms with E-state index in [0.29, 0.717) is 33.9 Å². The van der Waals surface area contributed by atoms with Gasteiger partial charge in [0.05, 0.1) is 11.4 Å². The van der Waals surface area contributed by atoms with E-state index >= 15 is 0 Å². The van der Waals surface area contributed by atoms with E-state index in [-0.39, 0.29) is 23.9 Å².